The average Bonchev–Trinajstić information content (AvgIpc) is 2.89. The fourth-order valence-corrected chi connectivity index (χ4v) is 3.15. The molecule has 0 fully saturated rings. The molecule has 0 aliphatic carbocycles. The number of phenolic OH excluding ortho intramolecular Hbond substituents is 1. The Hall–Kier alpha value is -3.03. The number of hydrogen-bond acceptors (Lipinski definition) is 4. The van der Waals surface area contributed by atoms with Crippen LogP contribution in [0.5, 0.6) is 5.75 Å². The van der Waals surface area contributed by atoms with Crippen molar-refractivity contribution in [1.82, 2.24) is 24.9 Å². The molecule has 0 saturated carbocycles. The molecule has 1 aliphatic heterocycles. The summed E-state index contributed by atoms with van der Waals surface area (Å²) >= 11 is 0. The van der Waals surface area contributed by atoms with E-state index < -0.39 is 0 Å². The summed E-state index contributed by atoms with van der Waals surface area (Å²) in [6.07, 6.45) is 0.831. The van der Waals surface area contributed by atoms with Gasteiger partial charge >= 0.3 is 6.03 Å². The Balaban J connectivity index is 1.67. The summed E-state index contributed by atoms with van der Waals surface area (Å²) in [7, 11) is 3.48. The summed E-state index contributed by atoms with van der Waals surface area (Å²) in [5, 5.41) is 17.3. The third-order valence-corrected chi connectivity index (χ3v) is 4.55. The molecule has 0 radical (unpaired) electrons. The molecule has 1 aromatic carbocycles. The number of aromatic nitrogens is 2. The second-order valence-corrected chi connectivity index (χ2v) is 7.01. The van der Waals surface area contributed by atoms with Gasteiger partial charge in [-0.3, -0.25) is 9.48 Å². The molecule has 2 heterocycles. The minimum atomic E-state index is -0.347. The lowest BCUT2D eigenvalue weighted by Gasteiger charge is -2.23. The number of nitrogens with zero attached hydrogens (tertiary/aromatic N) is 4. The van der Waals surface area contributed by atoms with Gasteiger partial charge in [-0.05, 0) is 37.1 Å². The Morgan fingerprint density at radius 2 is 2.04 bits per heavy atom. The summed E-state index contributed by atoms with van der Waals surface area (Å²) in [4.78, 5) is 27.9. The standard InChI is InChI=1S/C19H25N5O3/c1-13-5-6-16(17(25)9-13)18(26)20-11-14-10-15-12-23(19(27)22(2)3)7-4-8-24(15)21-14/h5-6,9-10,25H,4,7-8,11-12H2,1-3H3,(H,20,26). The summed E-state index contributed by atoms with van der Waals surface area (Å²) in [5.41, 5.74) is 2.80. The van der Waals surface area contributed by atoms with Crippen LogP contribution in [-0.4, -0.2) is 57.3 Å². The fourth-order valence-electron chi connectivity index (χ4n) is 3.15. The predicted molar refractivity (Wildman–Crippen MR) is 100 cm³/mol. The number of nitrogens with one attached hydrogen (secondary N) is 1. The summed E-state index contributed by atoms with van der Waals surface area (Å²) < 4.78 is 1.90. The number of amides is 3. The van der Waals surface area contributed by atoms with E-state index in [2.05, 4.69) is 10.4 Å². The summed E-state index contributed by atoms with van der Waals surface area (Å²) in [6.45, 7) is 4.03. The molecule has 8 heteroatoms. The Bertz CT molecular complexity index is 859. The van der Waals surface area contributed by atoms with Crippen molar-refractivity contribution >= 4 is 11.9 Å². The highest BCUT2D eigenvalue weighted by molar-refractivity contribution is 5.96. The molecule has 0 atom stereocenters. The van der Waals surface area contributed by atoms with Crippen molar-refractivity contribution in [3.63, 3.8) is 0 Å². The van der Waals surface area contributed by atoms with Crippen LogP contribution in [0.3, 0.4) is 0 Å². The number of aromatic hydroxyl groups is 1. The highest BCUT2D eigenvalue weighted by Gasteiger charge is 2.22. The number of urea groups is 1. The lowest BCUT2D eigenvalue weighted by Crippen LogP contribution is -2.38. The first-order valence-corrected chi connectivity index (χ1v) is 8.95. The number of carbonyl (C=O) groups excluding carboxylic acids is 2. The van der Waals surface area contributed by atoms with Gasteiger partial charge in [-0.1, -0.05) is 6.07 Å². The van der Waals surface area contributed by atoms with Crippen molar-refractivity contribution in [2.45, 2.75) is 33.0 Å². The van der Waals surface area contributed by atoms with Gasteiger partial charge in [0.25, 0.3) is 5.91 Å². The van der Waals surface area contributed by atoms with Crippen LogP contribution in [0.15, 0.2) is 24.3 Å². The van der Waals surface area contributed by atoms with Crippen LogP contribution in [-0.2, 0) is 19.6 Å². The van der Waals surface area contributed by atoms with Crippen molar-refractivity contribution in [3.8, 4) is 5.75 Å². The lowest BCUT2D eigenvalue weighted by atomic mass is 10.1. The van der Waals surface area contributed by atoms with Gasteiger partial charge in [0.15, 0.2) is 0 Å². The van der Waals surface area contributed by atoms with E-state index in [4.69, 9.17) is 0 Å². The van der Waals surface area contributed by atoms with E-state index in [0.29, 0.717) is 13.1 Å². The molecular weight excluding hydrogens is 346 g/mol. The van der Waals surface area contributed by atoms with Crippen molar-refractivity contribution < 1.29 is 14.7 Å². The molecule has 2 N–H and O–H groups in total. The van der Waals surface area contributed by atoms with Gasteiger partial charge < -0.3 is 20.2 Å². The number of aryl methyl sites for hydroxylation is 2. The SMILES string of the molecule is Cc1ccc(C(=O)NCc2cc3n(n2)CCCN(C(=O)N(C)C)C3)c(O)c1. The van der Waals surface area contributed by atoms with Gasteiger partial charge in [0, 0.05) is 27.2 Å². The molecule has 0 spiro atoms. The highest BCUT2D eigenvalue weighted by atomic mass is 16.3. The van der Waals surface area contributed by atoms with E-state index in [1.54, 1.807) is 42.1 Å². The number of benzene rings is 1. The molecule has 2 aromatic rings. The number of rotatable bonds is 3. The van der Waals surface area contributed by atoms with E-state index in [0.717, 1.165) is 29.9 Å². The summed E-state index contributed by atoms with van der Waals surface area (Å²) in [6, 6.07) is 6.84. The molecular formula is C19H25N5O3. The van der Waals surface area contributed by atoms with E-state index in [9.17, 15) is 14.7 Å². The fraction of sp³-hybridized carbons (Fsp3) is 0.421. The van der Waals surface area contributed by atoms with Crippen molar-refractivity contribution in [2.24, 2.45) is 0 Å². The predicted octanol–water partition coefficient (Wildman–Crippen LogP) is 1.71. The third-order valence-electron chi connectivity index (χ3n) is 4.55. The van der Waals surface area contributed by atoms with Crippen LogP contribution < -0.4 is 5.32 Å². The maximum atomic E-state index is 12.3. The minimum Gasteiger partial charge on any atom is -0.507 e. The van der Waals surface area contributed by atoms with Gasteiger partial charge in [-0.2, -0.15) is 5.10 Å². The van der Waals surface area contributed by atoms with Crippen LogP contribution in [0.2, 0.25) is 0 Å². The Morgan fingerprint density at radius 3 is 2.74 bits per heavy atom. The number of carbonyl (C=O) groups is 2. The van der Waals surface area contributed by atoms with Crippen molar-refractivity contribution in [2.75, 3.05) is 20.6 Å². The molecule has 0 saturated heterocycles. The topological polar surface area (TPSA) is 90.7 Å². The molecule has 8 nitrogen and oxygen atoms in total. The van der Waals surface area contributed by atoms with E-state index >= 15 is 0 Å². The Morgan fingerprint density at radius 1 is 1.26 bits per heavy atom. The van der Waals surface area contributed by atoms with E-state index in [-0.39, 0.29) is 29.8 Å². The zero-order valence-electron chi connectivity index (χ0n) is 15.9. The number of fused-ring (bicyclic) bond motifs is 1. The maximum Gasteiger partial charge on any atom is 0.319 e. The van der Waals surface area contributed by atoms with Crippen LogP contribution in [0, 0.1) is 6.92 Å². The Kier molecular flexibility index (Phi) is 5.34. The molecule has 3 amide bonds. The molecule has 0 unspecified atom stereocenters. The minimum absolute atomic E-state index is 0.0191. The van der Waals surface area contributed by atoms with Crippen LogP contribution in [0.1, 0.15) is 33.7 Å². The number of hydrogen-bond donors (Lipinski definition) is 2. The van der Waals surface area contributed by atoms with Crippen LogP contribution in [0.4, 0.5) is 4.79 Å². The first-order chi connectivity index (χ1) is 12.8. The average molecular weight is 371 g/mol. The third kappa shape index (κ3) is 4.21. The second-order valence-electron chi connectivity index (χ2n) is 7.01. The van der Waals surface area contributed by atoms with Gasteiger partial charge in [-0.25, -0.2) is 4.79 Å². The normalized spacial score (nSPS) is 13.7. The number of phenols is 1. The zero-order valence-corrected chi connectivity index (χ0v) is 15.9. The molecule has 3 rings (SSSR count). The van der Waals surface area contributed by atoms with Gasteiger partial charge in [0.2, 0.25) is 0 Å². The van der Waals surface area contributed by atoms with E-state index in [1.807, 2.05) is 17.7 Å². The van der Waals surface area contributed by atoms with Crippen LogP contribution in [0.25, 0.3) is 0 Å². The van der Waals surface area contributed by atoms with Gasteiger partial charge in [0.1, 0.15) is 5.75 Å². The van der Waals surface area contributed by atoms with Crippen molar-refractivity contribution in [3.05, 3.63) is 46.8 Å². The van der Waals surface area contributed by atoms with Gasteiger partial charge in [0.05, 0.1) is 30.0 Å². The molecule has 27 heavy (non-hydrogen) atoms. The maximum absolute atomic E-state index is 12.3. The second kappa shape index (κ2) is 7.69. The molecule has 1 aliphatic rings. The molecule has 144 valence electrons. The monoisotopic (exact) mass is 371 g/mol. The zero-order chi connectivity index (χ0) is 19.6. The van der Waals surface area contributed by atoms with Crippen molar-refractivity contribution in [1.29, 1.82) is 0 Å². The first-order valence-electron chi connectivity index (χ1n) is 8.95. The van der Waals surface area contributed by atoms with E-state index in [1.165, 1.54) is 0 Å². The molecule has 1 aromatic heterocycles. The largest absolute Gasteiger partial charge is 0.507 e. The smallest absolute Gasteiger partial charge is 0.319 e. The highest BCUT2D eigenvalue weighted by Crippen LogP contribution is 2.19. The quantitative estimate of drug-likeness (QED) is 0.859. The Labute approximate surface area is 158 Å². The molecule has 0 bridgehead atoms. The summed E-state index contributed by atoms with van der Waals surface area (Å²) in [5.74, 6) is -0.383. The van der Waals surface area contributed by atoms with Crippen LogP contribution >= 0.6 is 0 Å². The lowest BCUT2D eigenvalue weighted by molar-refractivity contribution is 0.0947. The first kappa shape index (κ1) is 18.8. The van der Waals surface area contributed by atoms with Gasteiger partial charge in [-0.15, -0.1) is 0 Å².